The van der Waals surface area contributed by atoms with Gasteiger partial charge in [0.05, 0.1) is 6.61 Å². The highest BCUT2D eigenvalue weighted by molar-refractivity contribution is 6.09. The third-order valence-electron chi connectivity index (χ3n) is 2.17. The highest BCUT2D eigenvalue weighted by Crippen LogP contribution is 2.30. The molecule has 18 heavy (non-hydrogen) atoms. The van der Waals surface area contributed by atoms with E-state index in [4.69, 9.17) is 0 Å². The first kappa shape index (κ1) is 14.2. The van der Waals surface area contributed by atoms with Crippen molar-refractivity contribution in [3.8, 4) is 0 Å². The topological polar surface area (TPSA) is 43.4 Å². The largest absolute Gasteiger partial charge is 0.465 e. The van der Waals surface area contributed by atoms with Gasteiger partial charge in [-0.25, -0.2) is 0 Å². The van der Waals surface area contributed by atoms with Crippen LogP contribution < -0.4 is 0 Å². The number of hydrogen-bond donors (Lipinski definition) is 0. The molecule has 0 aromatic heterocycles. The lowest BCUT2D eigenvalue weighted by Gasteiger charge is -2.17. The van der Waals surface area contributed by atoms with Crippen molar-refractivity contribution in [2.45, 2.75) is 13.1 Å². The second kappa shape index (κ2) is 5.66. The van der Waals surface area contributed by atoms with Gasteiger partial charge >= 0.3 is 12.1 Å². The molecule has 98 valence electrons. The quantitative estimate of drug-likeness (QED) is 0.475. The van der Waals surface area contributed by atoms with Crippen LogP contribution in [0.5, 0.6) is 0 Å². The molecule has 0 spiro atoms. The predicted molar refractivity (Wildman–Crippen MR) is 57.0 cm³/mol. The Morgan fingerprint density at radius 3 is 2.22 bits per heavy atom. The lowest BCUT2D eigenvalue weighted by Crippen LogP contribution is -2.38. The molecule has 3 nitrogen and oxygen atoms in total. The molecule has 0 saturated carbocycles. The van der Waals surface area contributed by atoms with Crippen LogP contribution in [-0.2, 0) is 9.53 Å². The number of carbonyl (C=O) groups excluding carboxylic acids is 2. The molecule has 1 aromatic rings. The van der Waals surface area contributed by atoms with E-state index in [-0.39, 0.29) is 12.2 Å². The zero-order valence-corrected chi connectivity index (χ0v) is 9.53. The molecule has 0 radical (unpaired) electrons. The molecular weight excluding hydrogens is 249 g/mol. The number of benzene rings is 1. The Morgan fingerprint density at radius 1 is 1.22 bits per heavy atom. The van der Waals surface area contributed by atoms with Gasteiger partial charge in [-0.1, -0.05) is 30.3 Å². The fourth-order valence-corrected chi connectivity index (χ4v) is 1.38. The van der Waals surface area contributed by atoms with Gasteiger partial charge in [-0.2, -0.15) is 13.2 Å². The maximum absolute atomic E-state index is 12.7. The lowest BCUT2D eigenvalue weighted by atomic mass is 9.97. The normalized spacial score (nSPS) is 12.9. The van der Waals surface area contributed by atoms with E-state index in [1.165, 1.54) is 31.2 Å². The van der Waals surface area contributed by atoms with Gasteiger partial charge in [0.25, 0.3) is 0 Å². The summed E-state index contributed by atoms with van der Waals surface area (Å²) < 4.78 is 42.4. The molecule has 1 rings (SSSR count). The number of halogens is 3. The van der Waals surface area contributed by atoms with Crippen molar-refractivity contribution in [2.75, 3.05) is 6.61 Å². The molecule has 0 unspecified atom stereocenters. The minimum atomic E-state index is -4.96. The summed E-state index contributed by atoms with van der Waals surface area (Å²) in [6, 6.07) is 6.85. The smallest absolute Gasteiger partial charge is 0.409 e. The second-order valence-corrected chi connectivity index (χ2v) is 3.46. The predicted octanol–water partition coefficient (Wildman–Crippen LogP) is 2.61. The van der Waals surface area contributed by atoms with Crippen LogP contribution in [0.4, 0.5) is 13.2 Å². The van der Waals surface area contributed by atoms with E-state index in [0.717, 1.165) is 0 Å². The summed E-state index contributed by atoms with van der Waals surface area (Å²) in [4.78, 5) is 22.9. The van der Waals surface area contributed by atoms with Crippen LogP contribution in [0.2, 0.25) is 0 Å². The van der Waals surface area contributed by atoms with Gasteiger partial charge in [-0.15, -0.1) is 0 Å². The highest BCUT2D eigenvalue weighted by atomic mass is 19.4. The van der Waals surface area contributed by atoms with Crippen LogP contribution in [0, 0.1) is 5.92 Å². The van der Waals surface area contributed by atoms with E-state index in [0.29, 0.717) is 0 Å². The van der Waals surface area contributed by atoms with Crippen molar-refractivity contribution in [3.05, 3.63) is 35.9 Å². The van der Waals surface area contributed by atoms with E-state index in [9.17, 15) is 22.8 Å². The fraction of sp³-hybridized carbons (Fsp3) is 0.333. The Balaban J connectivity index is 3.05. The number of esters is 1. The van der Waals surface area contributed by atoms with Gasteiger partial charge in [0.1, 0.15) is 0 Å². The minimum Gasteiger partial charge on any atom is -0.465 e. The molecule has 0 aliphatic rings. The highest BCUT2D eigenvalue weighted by Gasteiger charge is 2.51. The maximum atomic E-state index is 12.7. The first-order valence-electron chi connectivity index (χ1n) is 5.20. The van der Waals surface area contributed by atoms with Gasteiger partial charge < -0.3 is 4.74 Å². The molecular formula is C12H11F3O3. The second-order valence-electron chi connectivity index (χ2n) is 3.46. The Hall–Kier alpha value is -1.85. The Bertz CT molecular complexity index is 426. The van der Waals surface area contributed by atoms with Crippen molar-refractivity contribution < 1.29 is 27.5 Å². The van der Waals surface area contributed by atoms with Gasteiger partial charge in [0, 0.05) is 5.56 Å². The third-order valence-corrected chi connectivity index (χ3v) is 2.17. The maximum Gasteiger partial charge on any atom is 0.409 e. The molecule has 1 atom stereocenters. The standard InChI is InChI=1S/C12H11F3O3/c1-2-18-11(17)9(12(13,14)15)10(16)8-6-4-3-5-7-8/h3-7,9H,2H2,1H3/t9-/m1/s1. The molecule has 0 aliphatic heterocycles. The number of Topliss-reactive ketones (excluding diaryl/α,β-unsaturated/α-hetero) is 1. The van der Waals surface area contributed by atoms with E-state index in [1.807, 2.05) is 0 Å². The van der Waals surface area contributed by atoms with E-state index in [1.54, 1.807) is 6.07 Å². The van der Waals surface area contributed by atoms with Gasteiger partial charge in [-0.3, -0.25) is 9.59 Å². The molecule has 0 saturated heterocycles. The summed E-state index contributed by atoms with van der Waals surface area (Å²) in [5.41, 5.74) is -0.173. The Kier molecular flexibility index (Phi) is 4.47. The fourth-order valence-electron chi connectivity index (χ4n) is 1.38. The van der Waals surface area contributed by atoms with Gasteiger partial charge in [-0.05, 0) is 6.92 Å². The number of carbonyl (C=O) groups is 2. The van der Waals surface area contributed by atoms with Crippen molar-refractivity contribution in [2.24, 2.45) is 5.92 Å². The van der Waals surface area contributed by atoms with Crippen molar-refractivity contribution in [3.63, 3.8) is 0 Å². The average Bonchev–Trinajstić information content (AvgIpc) is 2.28. The van der Waals surface area contributed by atoms with Crippen LogP contribution >= 0.6 is 0 Å². The van der Waals surface area contributed by atoms with Crippen LogP contribution in [-0.4, -0.2) is 24.5 Å². The zero-order valence-electron chi connectivity index (χ0n) is 9.53. The Labute approximate surface area is 102 Å². The number of ether oxygens (including phenoxy) is 1. The summed E-state index contributed by atoms with van der Waals surface area (Å²) >= 11 is 0. The van der Waals surface area contributed by atoms with Crippen LogP contribution in [0.15, 0.2) is 30.3 Å². The third kappa shape index (κ3) is 3.32. The number of alkyl halides is 3. The summed E-state index contributed by atoms with van der Waals surface area (Å²) in [6.07, 6.45) is -4.96. The summed E-state index contributed by atoms with van der Waals surface area (Å²) in [5, 5.41) is 0. The van der Waals surface area contributed by atoms with Crippen LogP contribution in [0.3, 0.4) is 0 Å². The SMILES string of the molecule is CCOC(=O)[C@@H](C(=O)c1ccccc1)C(F)(F)F. The van der Waals surface area contributed by atoms with Crippen LogP contribution in [0.25, 0.3) is 0 Å². The van der Waals surface area contributed by atoms with E-state index in [2.05, 4.69) is 4.74 Å². The number of rotatable bonds is 4. The summed E-state index contributed by atoms with van der Waals surface area (Å²) in [5.74, 6) is -5.64. The Morgan fingerprint density at radius 2 is 1.78 bits per heavy atom. The lowest BCUT2D eigenvalue weighted by molar-refractivity contribution is -0.187. The van der Waals surface area contributed by atoms with Gasteiger partial charge in [0.2, 0.25) is 5.92 Å². The summed E-state index contributed by atoms with van der Waals surface area (Å²) in [6.45, 7) is 1.16. The molecule has 1 aromatic carbocycles. The molecule has 6 heteroatoms. The monoisotopic (exact) mass is 260 g/mol. The molecule has 0 heterocycles. The van der Waals surface area contributed by atoms with Gasteiger partial charge in [0.15, 0.2) is 5.78 Å². The first-order valence-corrected chi connectivity index (χ1v) is 5.20. The van der Waals surface area contributed by atoms with Crippen LogP contribution in [0.1, 0.15) is 17.3 Å². The minimum absolute atomic E-state index is 0.173. The van der Waals surface area contributed by atoms with Crippen molar-refractivity contribution in [1.29, 1.82) is 0 Å². The average molecular weight is 260 g/mol. The molecule has 0 amide bonds. The number of hydrogen-bond acceptors (Lipinski definition) is 3. The first-order chi connectivity index (χ1) is 8.38. The molecule has 0 aliphatic carbocycles. The van der Waals surface area contributed by atoms with Crippen molar-refractivity contribution >= 4 is 11.8 Å². The summed E-state index contributed by atoms with van der Waals surface area (Å²) in [7, 11) is 0. The molecule has 0 fully saturated rings. The number of ketones is 1. The van der Waals surface area contributed by atoms with E-state index >= 15 is 0 Å². The molecule has 0 N–H and O–H groups in total. The molecule has 0 bridgehead atoms. The van der Waals surface area contributed by atoms with Crippen molar-refractivity contribution in [1.82, 2.24) is 0 Å². The zero-order chi connectivity index (χ0) is 13.8. The van der Waals surface area contributed by atoms with E-state index < -0.39 is 23.8 Å².